The summed E-state index contributed by atoms with van der Waals surface area (Å²) in [7, 11) is 0. The van der Waals surface area contributed by atoms with Gasteiger partial charge in [0.15, 0.2) is 5.82 Å². The summed E-state index contributed by atoms with van der Waals surface area (Å²) < 4.78 is 0. The van der Waals surface area contributed by atoms with E-state index in [0.29, 0.717) is 36.8 Å². The first kappa shape index (κ1) is 16.0. The third-order valence-electron chi connectivity index (χ3n) is 3.44. The van der Waals surface area contributed by atoms with Crippen molar-refractivity contribution in [2.75, 3.05) is 0 Å². The first-order valence-corrected chi connectivity index (χ1v) is 8.59. The number of nitrogens with one attached hydrogen (secondary N) is 1. The van der Waals surface area contributed by atoms with Crippen LogP contribution in [0.4, 0.5) is 0 Å². The lowest BCUT2D eigenvalue weighted by atomic mass is 10.3. The molecule has 0 unspecified atom stereocenters. The summed E-state index contributed by atoms with van der Waals surface area (Å²) in [4.78, 5) is 26.8. The van der Waals surface area contributed by atoms with E-state index in [1.54, 1.807) is 36.5 Å². The van der Waals surface area contributed by atoms with Crippen LogP contribution in [0.15, 0.2) is 45.2 Å². The lowest BCUT2D eigenvalue weighted by molar-refractivity contribution is 0.455. The number of hydrogen-bond donors (Lipinski definition) is 2. The third-order valence-corrected chi connectivity index (χ3v) is 4.98. The first-order chi connectivity index (χ1) is 12.0. The number of halogens is 2. The molecule has 0 aliphatic carbocycles. The van der Waals surface area contributed by atoms with E-state index in [1.165, 1.54) is 0 Å². The van der Waals surface area contributed by atoms with Crippen molar-refractivity contribution in [3.05, 3.63) is 76.3 Å². The number of pyridine rings is 1. The van der Waals surface area contributed by atoms with Crippen LogP contribution in [-0.2, 0) is 0 Å². The molecule has 0 atom stereocenters. The van der Waals surface area contributed by atoms with Crippen molar-refractivity contribution in [3.63, 3.8) is 0 Å². The molecule has 3 aromatic rings. The Hall–Kier alpha value is -2.48. The van der Waals surface area contributed by atoms with E-state index in [1.807, 2.05) is 0 Å². The summed E-state index contributed by atoms with van der Waals surface area (Å²) >= 11 is 12.9. The van der Waals surface area contributed by atoms with E-state index >= 15 is 0 Å². The SMILES string of the molecule is O=c1[nH]c(O)c(/C=c2\ccc(=C3N=c4cc(Cl)c(Cl)cc4=N3)nc2)s1. The van der Waals surface area contributed by atoms with Gasteiger partial charge in [0.05, 0.1) is 25.6 Å². The van der Waals surface area contributed by atoms with E-state index in [9.17, 15) is 9.90 Å². The van der Waals surface area contributed by atoms with Crippen LogP contribution in [0.5, 0.6) is 5.88 Å². The van der Waals surface area contributed by atoms with Gasteiger partial charge in [-0.3, -0.25) is 14.8 Å². The van der Waals surface area contributed by atoms with Gasteiger partial charge >= 0.3 is 4.87 Å². The van der Waals surface area contributed by atoms with Gasteiger partial charge in [0.2, 0.25) is 5.88 Å². The molecular weight excluding hydrogens is 383 g/mol. The van der Waals surface area contributed by atoms with Gasteiger partial charge < -0.3 is 5.11 Å². The number of fused-ring (bicyclic) bond motifs is 1. The zero-order chi connectivity index (χ0) is 17.6. The Morgan fingerprint density at radius 3 is 2.32 bits per heavy atom. The molecule has 124 valence electrons. The summed E-state index contributed by atoms with van der Waals surface area (Å²) in [5, 5.41) is 13.1. The molecule has 25 heavy (non-hydrogen) atoms. The van der Waals surface area contributed by atoms with Crippen molar-refractivity contribution in [3.8, 4) is 5.88 Å². The smallest absolute Gasteiger partial charge is 0.307 e. The fraction of sp³-hybridized carbons (Fsp3) is 0. The fourth-order valence-corrected chi connectivity index (χ4v) is 3.28. The van der Waals surface area contributed by atoms with E-state index in [4.69, 9.17) is 23.2 Å². The van der Waals surface area contributed by atoms with Gasteiger partial charge in [-0.25, -0.2) is 9.98 Å². The molecule has 2 N–H and O–H groups in total. The number of aromatic nitrogens is 2. The van der Waals surface area contributed by atoms with Crippen LogP contribution >= 0.6 is 34.5 Å². The highest BCUT2D eigenvalue weighted by molar-refractivity contribution is 7.10. The molecule has 0 saturated carbocycles. The number of rotatable bonds is 1. The van der Waals surface area contributed by atoms with Crippen molar-refractivity contribution >= 4 is 46.4 Å². The average Bonchev–Trinajstić information content (AvgIpc) is 3.11. The molecule has 1 aliphatic rings. The predicted octanol–water partition coefficient (Wildman–Crippen LogP) is 0.691. The predicted molar refractivity (Wildman–Crippen MR) is 95.8 cm³/mol. The highest BCUT2D eigenvalue weighted by atomic mass is 35.5. The van der Waals surface area contributed by atoms with Crippen LogP contribution in [0, 0.1) is 0 Å². The maximum absolute atomic E-state index is 11.2. The van der Waals surface area contributed by atoms with Gasteiger partial charge in [-0.05, 0) is 29.5 Å². The summed E-state index contributed by atoms with van der Waals surface area (Å²) in [6.07, 6.45) is 3.27. The summed E-state index contributed by atoms with van der Waals surface area (Å²) in [6, 6.07) is 6.88. The molecule has 1 aliphatic heterocycles. The highest BCUT2D eigenvalue weighted by Crippen LogP contribution is 2.17. The van der Waals surface area contributed by atoms with Crippen LogP contribution in [0.25, 0.3) is 11.9 Å². The topological polar surface area (TPSA) is 90.7 Å². The molecule has 1 aromatic carbocycles. The molecule has 0 radical (unpaired) electrons. The summed E-state index contributed by atoms with van der Waals surface area (Å²) in [5.74, 6) is 0.312. The van der Waals surface area contributed by atoms with Gasteiger partial charge in [-0.2, -0.15) is 0 Å². The van der Waals surface area contributed by atoms with Gasteiger partial charge in [0.1, 0.15) is 5.35 Å². The minimum Gasteiger partial charge on any atom is -0.493 e. The van der Waals surface area contributed by atoms with Gasteiger partial charge in [-0.1, -0.05) is 40.6 Å². The molecule has 0 spiro atoms. The molecule has 2 aromatic heterocycles. The second-order valence-corrected chi connectivity index (χ2v) is 6.98. The monoisotopic (exact) mass is 390 g/mol. The van der Waals surface area contributed by atoms with Crippen LogP contribution < -0.4 is 26.2 Å². The van der Waals surface area contributed by atoms with E-state index in [0.717, 1.165) is 16.6 Å². The molecule has 0 amide bonds. The fourth-order valence-electron chi connectivity index (χ4n) is 2.28. The molecule has 4 rings (SSSR count). The second kappa shape index (κ2) is 6.11. The zero-order valence-corrected chi connectivity index (χ0v) is 14.7. The maximum Gasteiger partial charge on any atom is 0.307 e. The summed E-state index contributed by atoms with van der Waals surface area (Å²) in [6.45, 7) is 0. The number of nitrogens with zero attached hydrogens (tertiary/aromatic N) is 3. The molecule has 9 heteroatoms. The highest BCUT2D eigenvalue weighted by Gasteiger charge is 2.07. The van der Waals surface area contributed by atoms with Crippen LogP contribution in [0.1, 0.15) is 4.88 Å². The van der Waals surface area contributed by atoms with Crippen molar-refractivity contribution in [1.29, 1.82) is 0 Å². The Labute approximate surface area is 153 Å². The molecular formula is C16H8Cl2N4O2S. The number of aromatic hydroxyl groups is 1. The number of H-pyrrole nitrogens is 1. The Morgan fingerprint density at radius 2 is 1.80 bits per heavy atom. The van der Waals surface area contributed by atoms with Gasteiger partial charge in [0.25, 0.3) is 0 Å². The quantitative estimate of drug-likeness (QED) is 0.640. The number of hydrogen-bond acceptors (Lipinski definition) is 6. The Balaban J connectivity index is 1.81. The van der Waals surface area contributed by atoms with E-state index in [2.05, 4.69) is 20.0 Å². The van der Waals surface area contributed by atoms with E-state index in [-0.39, 0.29) is 10.8 Å². The van der Waals surface area contributed by atoms with Crippen molar-refractivity contribution in [1.82, 2.24) is 9.97 Å². The Morgan fingerprint density at radius 1 is 1.12 bits per heavy atom. The Bertz CT molecular complexity index is 1240. The van der Waals surface area contributed by atoms with Crippen molar-refractivity contribution in [2.24, 2.45) is 9.98 Å². The van der Waals surface area contributed by atoms with Gasteiger partial charge in [0, 0.05) is 6.20 Å². The molecule has 3 heterocycles. The molecule has 0 saturated heterocycles. The largest absolute Gasteiger partial charge is 0.493 e. The summed E-state index contributed by atoms with van der Waals surface area (Å²) in [5.41, 5.74) is 0. The Kier molecular flexibility index (Phi) is 3.91. The standard InChI is InChI=1S/C16H8Cl2N4O2S/c17-8-4-11-12(5-9(8)18)21-14(20-11)10-2-1-7(6-19-10)3-13-15(23)22-16(24)25-13/h1-6,23H,(H,22,24)/b7-3+. The second-order valence-electron chi connectivity index (χ2n) is 5.15. The number of aromatic amines is 1. The minimum atomic E-state index is -0.317. The van der Waals surface area contributed by atoms with Crippen molar-refractivity contribution < 1.29 is 5.11 Å². The van der Waals surface area contributed by atoms with Gasteiger partial charge in [-0.15, -0.1) is 0 Å². The van der Waals surface area contributed by atoms with Crippen LogP contribution in [0.2, 0.25) is 10.0 Å². The lowest BCUT2D eigenvalue weighted by Gasteiger charge is -1.91. The minimum absolute atomic E-state index is 0.154. The lowest BCUT2D eigenvalue weighted by Crippen LogP contribution is -2.20. The third kappa shape index (κ3) is 3.09. The first-order valence-electron chi connectivity index (χ1n) is 7.02. The molecule has 6 nitrogen and oxygen atoms in total. The maximum atomic E-state index is 11.2. The van der Waals surface area contributed by atoms with E-state index < -0.39 is 0 Å². The molecule has 0 fully saturated rings. The molecule has 0 bridgehead atoms. The van der Waals surface area contributed by atoms with Crippen LogP contribution in [0.3, 0.4) is 0 Å². The van der Waals surface area contributed by atoms with Crippen LogP contribution in [-0.4, -0.2) is 15.1 Å². The van der Waals surface area contributed by atoms with Crippen molar-refractivity contribution in [2.45, 2.75) is 0 Å². The number of benzene rings is 1. The normalized spacial score (nSPS) is 13.5. The number of thiazole rings is 1. The zero-order valence-electron chi connectivity index (χ0n) is 12.3. The average molecular weight is 391 g/mol.